The van der Waals surface area contributed by atoms with E-state index in [0.29, 0.717) is 0 Å². The van der Waals surface area contributed by atoms with Crippen LogP contribution in [0.5, 0.6) is 0 Å². The van der Waals surface area contributed by atoms with Crippen molar-refractivity contribution in [2.45, 2.75) is 38.0 Å². The molecule has 0 unspecified atom stereocenters. The van der Waals surface area contributed by atoms with E-state index in [1.807, 2.05) is 0 Å². The lowest BCUT2D eigenvalue weighted by atomic mass is 9.84. The van der Waals surface area contributed by atoms with E-state index >= 15 is 0 Å². The van der Waals surface area contributed by atoms with Crippen LogP contribution in [-0.2, 0) is 4.84 Å². The minimum Gasteiger partial charge on any atom is -0.399 e. The quantitative estimate of drug-likeness (QED) is 0.558. The number of rotatable bonds is 3. The molecule has 1 saturated carbocycles. The molecule has 0 N–H and O–H groups in total. The molecule has 0 heterocycles. The van der Waals surface area contributed by atoms with E-state index in [2.05, 4.69) is 29.4 Å². The maximum absolute atomic E-state index is 4.70. The fraction of sp³-hybridized carbons (Fsp3) is 0.500. The van der Waals surface area contributed by atoms with Crippen molar-refractivity contribution in [3.8, 4) is 0 Å². The van der Waals surface area contributed by atoms with Crippen LogP contribution in [0.25, 0.3) is 0 Å². The van der Waals surface area contributed by atoms with Crippen LogP contribution in [0.2, 0.25) is 0 Å². The topological polar surface area (TPSA) is 21.6 Å². The molecule has 0 amide bonds. The largest absolute Gasteiger partial charge is 0.399 e. The molecule has 0 spiro atoms. The Labute approximate surface area is 97.3 Å². The van der Waals surface area contributed by atoms with Crippen molar-refractivity contribution in [3.63, 3.8) is 0 Å². The molecule has 0 saturated heterocycles. The monoisotopic (exact) mass is 217 g/mol. The molecule has 1 aliphatic rings. The fourth-order valence-electron chi connectivity index (χ4n) is 2.44. The fourth-order valence-corrected chi connectivity index (χ4v) is 2.44. The van der Waals surface area contributed by atoms with E-state index in [0.717, 1.165) is 11.5 Å². The second-order valence-corrected chi connectivity index (χ2v) is 4.42. The van der Waals surface area contributed by atoms with Crippen molar-refractivity contribution in [2.24, 2.45) is 5.16 Å². The lowest BCUT2D eigenvalue weighted by molar-refractivity contribution is 0.215. The van der Waals surface area contributed by atoms with Gasteiger partial charge in [0.25, 0.3) is 0 Å². The van der Waals surface area contributed by atoms with E-state index in [-0.39, 0.29) is 0 Å². The third kappa shape index (κ3) is 2.84. The molecule has 0 atom stereocenters. The third-order valence-electron chi connectivity index (χ3n) is 3.29. The molecule has 0 radical (unpaired) electrons. The maximum Gasteiger partial charge on any atom is 0.106 e. The Morgan fingerprint density at radius 2 is 2.06 bits per heavy atom. The predicted molar refractivity (Wildman–Crippen MR) is 66.9 cm³/mol. The normalized spacial score (nSPS) is 17.8. The minimum absolute atomic E-state index is 0.754. The highest BCUT2D eigenvalue weighted by Crippen LogP contribution is 2.32. The second-order valence-electron chi connectivity index (χ2n) is 4.42. The molecule has 1 fully saturated rings. The Bertz CT molecular complexity index is 354. The van der Waals surface area contributed by atoms with Gasteiger partial charge in [-0.3, -0.25) is 0 Å². The van der Waals surface area contributed by atoms with Crippen molar-refractivity contribution in [3.05, 3.63) is 35.4 Å². The molecule has 0 aromatic heterocycles. The van der Waals surface area contributed by atoms with Crippen molar-refractivity contribution >= 4 is 6.21 Å². The van der Waals surface area contributed by atoms with Gasteiger partial charge in [0.1, 0.15) is 7.11 Å². The molecule has 1 aromatic carbocycles. The zero-order valence-corrected chi connectivity index (χ0v) is 9.86. The zero-order valence-electron chi connectivity index (χ0n) is 9.86. The van der Waals surface area contributed by atoms with Gasteiger partial charge >= 0.3 is 0 Å². The minimum atomic E-state index is 0.754. The Kier molecular flexibility index (Phi) is 3.97. The molecule has 2 rings (SSSR count). The maximum atomic E-state index is 4.70. The van der Waals surface area contributed by atoms with Crippen LogP contribution in [0, 0.1) is 0 Å². The van der Waals surface area contributed by atoms with Crippen LogP contribution >= 0.6 is 0 Å². The average Bonchev–Trinajstić information content (AvgIpc) is 2.38. The summed E-state index contributed by atoms with van der Waals surface area (Å²) in [6.07, 6.45) is 8.60. The molecule has 0 bridgehead atoms. The van der Waals surface area contributed by atoms with Gasteiger partial charge in [-0.1, -0.05) is 42.6 Å². The summed E-state index contributed by atoms with van der Waals surface area (Å²) in [5.41, 5.74) is 2.59. The van der Waals surface area contributed by atoms with Crippen LogP contribution < -0.4 is 0 Å². The van der Waals surface area contributed by atoms with Gasteiger partial charge in [-0.05, 0) is 36.0 Å². The van der Waals surface area contributed by atoms with Crippen molar-refractivity contribution < 1.29 is 4.84 Å². The summed E-state index contributed by atoms with van der Waals surface area (Å²) in [5.74, 6) is 0.754. The highest BCUT2D eigenvalue weighted by Gasteiger charge is 2.15. The van der Waals surface area contributed by atoms with Crippen LogP contribution in [0.1, 0.15) is 49.1 Å². The van der Waals surface area contributed by atoms with Crippen LogP contribution in [0.15, 0.2) is 29.4 Å². The highest BCUT2D eigenvalue weighted by molar-refractivity contribution is 5.79. The van der Waals surface area contributed by atoms with E-state index in [9.17, 15) is 0 Å². The summed E-state index contributed by atoms with van der Waals surface area (Å²) in [4.78, 5) is 4.70. The second kappa shape index (κ2) is 5.69. The van der Waals surface area contributed by atoms with Crippen molar-refractivity contribution in [2.75, 3.05) is 7.11 Å². The van der Waals surface area contributed by atoms with Gasteiger partial charge in [-0.25, -0.2) is 0 Å². The number of oxime groups is 1. The van der Waals surface area contributed by atoms with E-state index in [4.69, 9.17) is 4.84 Å². The first-order valence-electron chi connectivity index (χ1n) is 6.06. The summed E-state index contributed by atoms with van der Waals surface area (Å²) in [5, 5.41) is 3.80. The van der Waals surface area contributed by atoms with Gasteiger partial charge in [0, 0.05) is 0 Å². The van der Waals surface area contributed by atoms with Gasteiger partial charge in [0.05, 0.1) is 6.21 Å². The van der Waals surface area contributed by atoms with Gasteiger partial charge in [0.2, 0.25) is 0 Å². The first kappa shape index (κ1) is 11.2. The van der Waals surface area contributed by atoms with Crippen LogP contribution in [0.4, 0.5) is 0 Å². The molecule has 1 aliphatic carbocycles. The standard InChI is InChI=1S/C14H19NO/c1-16-15-11-12-6-5-9-14(10-12)13-7-3-2-4-8-13/h5-6,9-11,13H,2-4,7-8H2,1H3. The van der Waals surface area contributed by atoms with Crippen LogP contribution in [-0.4, -0.2) is 13.3 Å². The van der Waals surface area contributed by atoms with Gasteiger partial charge in [-0.15, -0.1) is 0 Å². The molecular weight excluding hydrogens is 198 g/mol. The molecule has 2 nitrogen and oxygen atoms in total. The summed E-state index contributed by atoms with van der Waals surface area (Å²) in [6, 6.07) is 8.65. The number of nitrogens with zero attached hydrogens (tertiary/aromatic N) is 1. The van der Waals surface area contributed by atoms with Crippen molar-refractivity contribution in [1.82, 2.24) is 0 Å². The number of benzene rings is 1. The summed E-state index contributed by atoms with van der Waals surface area (Å²) in [6.45, 7) is 0. The van der Waals surface area contributed by atoms with Gasteiger partial charge in [0.15, 0.2) is 0 Å². The molecule has 0 aliphatic heterocycles. The van der Waals surface area contributed by atoms with E-state index in [1.54, 1.807) is 13.3 Å². The first-order chi connectivity index (χ1) is 7.90. The Balaban J connectivity index is 2.11. The summed E-state index contributed by atoms with van der Waals surface area (Å²) >= 11 is 0. The molecular formula is C14H19NO. The number of hydrogen-bond acceptors (Lipinski definition) is 2. The molecule has 86 valence electrons. The Hall–Kier alpha value is -1.31. The lowest BCUT2D eigenvalue weighted by Gasteiger charge is -2.22. The lowest BCUT2D eigenvalue weighted by Crippen LogP contribution is -2.04. The molecule has 1 aromatic rings. The summed E-state index contributed by atoms with van der Waals surface area (Å²) in [7, 11) is 1.57. The molecule has 16 heavy (non-hydrogen) atoms. The SMILES string of the molecule is CON=Cc1cccc(C2CCCCC2)c1. The van der Waals surface area contributed by atoms with E-state index < -0.39 is 0 Å². The Morgan fingerprint density at radius 1 is 1.25 bits per heavy atom. The highest BCUT2D eigenvalue weighted by atomic mass is 16.6. The van der Waals surface area contributed by atoms with Gasteiger partial charge in [-0.2, -0.15) is 0 Å². The summed E-state index contributed by atoms with van der Waals surface area (Å²) < 4.78 is 0. The average molecular weight is 217 g/mol. The Morgan fingerprint density at radius 3 is 2.81 bits per heavy atom. The van der Waals surface area contributed by atoms with Crippen LogP contribution in [0.3, 0.4) is 0 Å². The smallest absolute Gasteiger partial charge is 0.106 e. The predicted octanol–water partition coefficient (Wildman–Crippen LogP) is 3.71. The molecule has 2 heteroatoms. The van der Waals surface area contributed by atoms with Crippen molar-refractivity contribution in [1.29, 1.82) is 0 Å². The zero-order chi connectivity index (χ0) is 11.2. The van der Waals surface area contributed by atoms with Gasteiger partial charge < -0.3 is 4.84 Å². The number of hydrogen-bond donors (Lipinski definition) is 0. The first-order valence-corrected chi connectivity index (χ1v) is 6.06. The van der Waals surface area contributed by atoms with E-state index in [1.165, 1.54) is 37.7 Å². The third-order valence-corrected chi connectivity index (χ3v) is 3.29.